The fourth-order valence-corrected chi connectivity index (χ4v) is 3.19. The molecule has 0 radical (unpaired) electrons. The third kappa shape index (κ3) is 3.57. The molecule has 0 aromatic carbocycles. The number of Topliss-reactive ketones (excluding diaryl/α,β-unsaturated/α-hetero) is 1. The molecule has 2 bridgehead atoms. The van der Waals surface area contributed by atoms with Crippen molar-refractivity contribution in [3.63, 3.8) is 0 Å². The first-order valence-electron chi connectivity index (χ1n) is 8.40. The summed E-state index contributed by atoms with van der Waals surface area (Å²) in [7, 11) is 0. The Labute approximate surface area is 137 Å². The highest BCUT2D eigenvalue weighted by Gasteiger charge is 2.55. The Bertz CT molecular complexity index is 453. The fraction of sp³-hybridized carbons (Fsp3) is 0.824. The van der Waals surface area contributed by atoms with Gasteiger partial charge >= 0.3 is 11.9 Å². The Morgan fingerprint density at radius 1 is 1.04 bits per heavy atom. The minimum atomic E-state index is -1.00. The zero-order chi connectivity index (χ0) is 17.2. The Hall–Kier alpha value is -1.43. The van der Waals surface area contributed by atoms with Crippen molar-refractivity contribution in [3.05, 3.63) is 0 Å². The van der Waals surface area contributed by atoms with Gasteiger partial charge in [0.15, 0.2) is 5.78 Å². The van der Waals surface area contributed by atoms with Gasteiger partial charge in [0.2, 0.25) is 0 Å². The van der Waals surface area contributed by atoms with Gasteiger partial charge in [0, 0.05) is 19.0 Å². The lowest BCUT2D eigenvalue weighted by molar-refractivity contribution is -0.174. The second-order valence-corrected chi connectivity index (χ2v) is 7.18. The van der Waals surface area contributed by atoms with E-state index in [0.29, 0.717) is 0 Å². The van der Waals surface area contributed by atoms with Crippen LogP contribution in [0, 0.1) is 17.8 Å². The molecule has 6 nitrogen and oxygen atoms in total. The molecule has 3 saturated heterocycles. The van der Waals surface area contributed by atoms with E-state index in [2.05, 4.69) is 0 Å². The van der Waals surface area contributed by atoms with Gasteiger partial charge in [0.25, 0.3) is 0 Å². The molecule has 130 valence electrons. The van der Waals surface area contributed by atoms with Gasteiger partial charge in [-0.25, -0.2) is 0 Å². The summed E-state index contributed by atoms with van der Waals surface area (Å²) >= 11 is 0. The normalized spacial score (nSPS) is 25.7. The number of carbonyl (C=O) groups is 3. The Balaban J connectivity index is 2.15. The number of carbonyl (C=O) groups excluding carboxylic acids is 3. The van der Waals surface area contributed by atoms with Crippen molar-refractivity contribution in [1.82, 2.24) is 4.90 Å². The number of hydrogen-bond donors (Lipinski definition) is 0. The van der Waals surface area contributed by atoms with Crippen molar-refractivity contribution in [3.8, 4) is 0 Å². The number of rotatable bonds is 6. The fourth-order valence-electron chi connectivity index (χ4n) is 3.19. The molecule has 0 aromatic rings. The average Bonchev–Trinajstić information content (AvgIpc) is 2.53. The molecule has 0 aromatic heterocycles. The Kier molecular flexibility index (Phi) is 5.45. The molecule has 3 rings (SSSR count). The van der Waals surface area contributed by atoms with Gasteiger partial charge in [-0.05, 0) is 12.8 Å². The first kappa shape index (κ1) is 17.9. The van der Waals surface area contributed by atoms with Gasteiger partial charge in [0.1, 0.15) is 18.8 Å². The van der Waals surface area contributed by atoms with Gasteiger partial charge in [0.05, 0.1) is 11.8 Å². The van der Waals surface area contributed by atoms with E-state index >= 15 is 0 Å². The highest BCUT2D eigenvalue weighted by atomic mass is 16.6. The minimum absolute atomic E-state index is 0.0181. The number of nitrogens with zero attached hydrogens (tertiary/aromatic N) is 1. The van der Waals surface area contributed by atoms with Crippen molar-refractivity contribution in [2.75, 3.05) is 26.3 Å². The van der Waals surface area contributed by atoms with Crippen LogP contribution in [0.5, 0.6) is 0 Å². The standard InChI is InChI=1S/C17H27NO5/c1-11(2)15(20)22-9-17(10-23-16(21)12(3)4)14(19)13-5-7-18(17)8-6-13/h11-13H,5-10H2,1-4H3. The molecule has 0 spiro atoms. The van der Waals surface area contributed by atoms with Crippen LogP contribution in [-0.2, 0) is 23.9 Å². The van der Waals surface area contributed by atoms with Crippen molar-refractivity contribution in [2.45, 2.75) is 46.1 Å². The second kappa shape index (κ2) is 6.99. The van der Waals surface area contributed by atoms with Gasteiger partial charge in [-0.15, -0.1) is 0 Å². The maximum atomic E-state index is 12.8. The van der Waals surface area contributed by atoms with E-state index in [9.17, 15) is 14.4 Å². The van der Waals surface area contributed by atoms with Crippen molar-refractivity contribution in [1.29, 1.82) is 0 Å². The zero-order valence-corrected chi connectivity index (χ0v) is 14.5. The van der Waals surface area contributed by atoms with E-state index < -0.39 is 5.54 Å². The van der Waals surface area contributed by atoms with Crippen molar-refractivity contribution < 1.29 is 23.9 Å². The van der Waals surface area contributed by atoms with E-state index in [1.807, 2.05) is 4.90 Å². The lowest BCUT2D eigenvalue weighted by Crippen LogP contribution is -2.69. The summed E-state index contributed by atoms with van der Waals surface area (Å²) in [6, 6.07) is 0. The summed E-state index contributed by atoms with van der Waals surface area (Å²) in [5.74, 6) is -1.16. The van der Waals surface area contributed by atoms with Crippen LogP contribution >= 0.6 is 0 Å². The molecule has 0 saturated carbocycles. The molecule has 3 aliphatic heterocycles. The van der Waals surface area contributed by atoms with Crippen LogP contribution in [0.15, 0.2) is 0 Å². The second-order valence-electron chi connectivity index (χ2n) is 7.18. The van der Waals surface area contributed by atoms with Crippen LogP contribution in [0.4, 0.5) is 0 Å². The summed E-state index contributed by atoms with van der Waals surface area (Å²) in [4.78, 5) is 38.5. The first-order chi connectivity index (χ1) is 10.8. The van der Waals surface area contributed by atoms with Gasteiger partial charge in [-0.2, -0.15) is 0 Å². The van der Waals surface area contributed by atoms with Crippen LogP contribution in [0.3, 0.4) is 0 Å². The summed E-state index contributed by atoms with van der Waals surface area (Å²) in [6.07, 6.45) is 1.66. The van der Waals surface area contributed by atoms with E-state index in [1.165, 1.54) is 0 Å². The van der Waals surface area contributed by atoms with Gasteiger partial charge in [-0.1, -0.05) is 27.7 Å². The first-order valence-corrected chi connectivity index (χ1v) is 8.40. The summed E-state index contributed by atoms with van der Waals surface area (Å²) < 4.78 is 10.7. The predicted octanol–water partition coefficient (Wildman–Crippen LogP) is 1.42. The van der Waals surface area contributed by atoms with Crippen LogP contribution in [0.2, 0.25) is 0 Å². The molecule has 0 amide bonds. The highest BCUT2D eigenvalue weighted by Crippen LogP contribution is 2.37. The molecular formula is C17H27NO5. The van der Waals surface area contributed by atoms with E-state index in [0.717, 1.165) is 25.9 Å². The summed E-state index contributed by atoms with van der Waals surface area (Å²) in [5.41, 5.74) is -1.00. The lowest BCUT2D eigenvalue weighted by Gasteiger charge is -2.51. The number of hydrogen-bond acceptors (Lipinski definition) is 6. The maximum Gasteiger partial charge on any atom is 0.308 e. The molecular weight excluding hydrogens is 298 g/mol. The maximum absolute atomic E-state index is 12.8. The van der Waals surface area contributed by atoms with Gasteiger partial charge < -0.3 is 9.47 Å². The van der Waals surface area contributed by atoms with Gasteiger partial charge in [-0.3, -0.25) is 19.3 Å². The topological polar surface area (TPSA) is 72.9 Å². The third-order valence-electron chi connectivity index (χ3n) is 4.78. The monoisotopic (exact) mass is 325 g/mol. The number of esters is 2. The quantitative estimate of drug-likeness (QED) is 0.688. The Morgan fingerprint density at radius 3 is 1.83 bits per heavy atom. The minimum Gasteiger partial charge on any atom is -0.463 e. The number of piperidine rings is 3. The molecule has 6 heteroatoms. The number of ether oxygens (including phenoxy) is 2. The van der Waals surface area contributed by atoms with E-state index in [4.69, 9.17) is 9.47 Å². The van der Waals surface area contributed by atoms with E-state index in [-0.39, 0.29) is 48.7 Å². The molecule has 0 N–H and O–H groups in total. The zero-order valence-electron chi connectivity index (χ0n) is 14.5. The summed E-state index contributed by atoms with van der Waals surface area (Å²) in [5, 5.41) is 0. The Morgan fingerprint density at radius 2 is 1.48 bits per heavy atom. The molecule has 0 unspecified atom stereocenters. The largest absolute Gasteiger partial charge is 0.463 e. The smallest absolute Gasteiger partial charge is 0.308 e. The van der Waals surface area contributed by atoms with Crippen LogP contribution in [-0.4, -0.2) is 54.5 Å². The average molecular weight is 325 g/mol. The highest BCUT2D eigenvalue weighted by molar-refractivity contribution is 5.93. The lowest BCUT2D eigenvalue weighted by atomic mass is 9.74. The van der Waals surface area contributed by atoms with Crippen LogP contribution in [0.25, 0.3) is 0 Å². The summed E-state index contributed by atoms with van der Waals surface area (Å²) in [6.45, 7) is 8.48. The third-order valence-corrected chi connectivity index (χ3v) is 4.78. The van der Waals surface area contributed by atoms with Crippen molar-refractivity contribution >= 4 is 17.7 Å². The van der Waals surface area contributed by atoms with Crippen molar-refractivity contribution in [2.24, 2.45) is 17.8 Å². The molecule has 3 heterocycles. The van der Waals surface area contributed by atoms with E-state index in [1.54, 1.807) is 27.7 Å². The number of fused-ring (bicyclic) bond motifs is 3. The van der Waals surface area contributed by atoms with Crippen LogP contribution < -0.4 is 0 Å². The van der Waals surface area contributed by atoms with Crippen LogP contribution in [0.1, 0.15) is 40.5 Å². The molecule has 3 aliphatic rings. The molecule has 0 aliphatic carbocycles. The molecule has 3 fully saturated rings. The SMILES string of the molecule is CC(C)C(=O)OCC1(COC(=O)C(C)C)C(=O)C2CCN1CC2. The predicted molar refractivity (Wildman–Crippen MR) is 83.6 cm³/mol. The molecule has 23 heavy (non-hydrogen) atoms. The number of ketones is 1. The molecule has 0 atom stereocenters.